The molecule has 0 saturated carbocycles. The molecule has 1 aliphatic heterocycles. The van der Waals surface area contributed by atoms with Crippen LogP contribution in [0, 0.1) is 11.2 Å². The van der Waals surface area contributed by atoms with Crippen LogP contribution in [0.1, 0.15) is 58.3 Å². The fourth-order valence-corrected chi connectivity index (χ4v) is 5.21. The molecule has 0 saturated heterocycles. The maximum atomic E-state index is 15.1. The van der Waals surface area contributed by atoms with E-state index in [-0.39, 0.29) is 30.1 Å². The van der Waals surface area contributed by atoms with Gasteiger partial charge in [0.25, 0.3) is 5.91 Å². The van der Waals surface area contributed by atoms with Crippen molar-refractivity contribution in [1.82, 2.24) is 14.9 Å². The highest BCUT2D eigenvalue weighted by Crippen LogP contribution is 2.48. The zero-order valence-electron chi connectivity index (χ0n) is 18.8. The van der Waals surface area contributed by atoms with Crippen LogP contribution in [-0.4, -0.2) is 27.8 Å². The van der Waals surface area contributed by atoms with Crippen LogP contribution in [0.5, 0.6) is 0 Å². The molecule has 0 radical (unpaired) electrons. The average molecular weight is 474 g/mol. The number of amides is 1. The van der Waals surface area contributed by atoms with Crippen LogP contribution in [0.15, 0.2) is 24.3 Å². The first-order valence-corrected chi connectivity index (χ1v) is 10.7. The summed E-state index contributed by atoms with van der Waals surface area (Å²) in [6.07, 6.45) is -4.31. The lowest BCUT2D eigenvalue weighted by Gasteiger charge is -2.35. The topological polar surface area (TPSA) is 81.3 Å². The zero-order valence-corrected chi connectivity index (χ0v) is 18.8. The van der Waals surface area contributed by atoms with E-state index in [4.69, 9.17) is 10.5 Å². The lowest BCUT2D eigenvalue weighted by atomic mass is 9.84. The Morgan fingerprint density at radius 2 is 1.88 bits per heavy atom. The molecule has 2 N–H and O–H groups in total. The number of nitrogens with two attached hydrogens (primary N) is 1. The Morgan fingerprint density at radius 1 is 1.18 bits per heavy atom. The molecule has 0 fully saturated rings. The van der Waals surface area contributed by atoms with E-state index >= 15 is 4.39 Å². The van der Waals surface area contributed by atoms with Gasteiger partial charge in [-0.05, 0) is 35.1 Å². The van der Waals surface area contributed by atoms with Gasteiger partial charge < -0.3 is 15.4 Å². The fraction of sp³-hybridized carbons (Fsp3) is 0.375. The molecule has 0 bridgehead atoms. The largest absolute Gasteiger partial charge is 0.433 e. The Morgan fingerprint density at radius 3 is 2.59 bits per heavy atom. The number of fused-ring (bicyclic) bond motifs is 4. The van der Waals surface area contributed by atoms with Gasteiger partial charge in [0.1, 0.15) is 17.3 Å². The quantitative estimate of drug-likeness (QED) is 0.540. The summed E-state index contributed by atoms with van der Waals surface area (Å²) in [6, 6.07) is 4.33. The number of alkyl halides is 3. The van der Waals surface area contributed by atoms with Gasteiger partial charge in [0.2, 0.25) is 0 Å². The number of rotatable bonds is 2. The third kappa shape index (κ3) is 3.39. The number of aromatic nitrogens is 2. The molecule has 6 nitrogen and oxygen atoms in total. The third-order valence-corrected chi connectivity index (χ3v) is 6.71. The van der Waals surface area contributed by atoms with Crippen LogP contribution in [0.25, 0.3) is 10.9 Å². The second kappa shape index (κ2) is 7.36. The molecule has 34 heavy (non-hydrogen) atoms. The third-order valence-electron chi connectivity index (χ3n) is 6.71. The molecular weight excluding hydrogens is 452 g/mol. The smallest absolute Gasteiger partial charge is 0.383 e. The molecule has 1 atom stereocenters. The van der Waals surface area contributed by atoms with Crippen molar-refractivity contribution in [2.45, 2.75) is 45.7 Å². The molecule has 5 rings (SSSR count). The predicted molar refractivity (Wildman–Crippen MR) is 116 cm³/mol. The number of carbonyl (C=O) groups excluding carboxylic acids is 1. The maximum absolute atomic E-state index is 15.1. The van der Waals surface area contributed by atoms with Gasteiger partial charge in [0.15, 0.2) is 0 Å². The van der Waals surface area contributed by atoms with Gasteiger partial charge in [-0.25, -0.2) is 14.4 Å². The summed E-state index contributed by atoms with van der Waals surface area (Å²) >= 11 is 0. The number of hydrogen-bond acceptors (Lipinski definition) is 5. The van der Waals surface area contributed by atoms with Gasteiger partial charge in [-0.3, -0.25) is 4.79 Å². The van der Waals surface area contributed by atoms with E-state index in [2.05, 4.69) is 9.97 Å². The van der Waals surface area contributed by atoms with Gasteiger partial charge in [-0.2, -0.15) is 13.2 Å². The van der Waals surface area contributed by atoms with Crippen molar-refractivity contribution in [2.75, 3.05) is 12.8 Å². The molecule has 1 amide bonds. The molecule has 3 aromatic rings. The van der Waals surface area contributed by atoms with E-state index in [1.54, 1.807) is 0 Å². The number of pyridine rings is 2. The first kappa shape index (κ1) is 22.5. The lowest BCUT2D eigenvalue weighted by molar-refractivity contribution is -0.141. The number of halogens is 4. The van der Waals surface area contributed by atoms with Crippen molar-refractivity contribution in [2.24, 2.45) is 5.41 Å². The van der Waals surface area contributed by atoms with Crippen LogP contribution < -0.4 is 5.73 Å². The molecule has 3 heterocycles. The van der Waals surface area contributed by atoms with Crippen LogP contribution in [0.3, 0.4) is 0 Å². The Balaban J connectivity index is 1.56. The van der Waals surface area contributed by atoms with E-state index < -0.39 is 35.1 Å². The second-order valence-corrected chi connectivity index (χ2v) is 9.51. The molecule has 0 spiro atoms. The molecule has 10 heteroatoms. The minimum absolute atomic E-state index is 0.153. The molecule has 1 aromatic carbocycles. The highest BCUT2D eigenvalue weighted by atomic mass is 19.4. The zero-order chi connectivity index (χ0) is 24.6. The maximum Gasteiger partial charge on any atom is 0.433 e. The van der Waals surface area contributed by atoms with Crippen molar-refractivity contribution < 1.29 is 27.1 Å². The number of benzene rings is 1. The lowest BCUT2D eigenvalue weighted by Crippen LogP contribution is -2.37. The van der Waals surface area contributed by atoms with Crippen LogP contribution in [-0.2, 0) is 30.5 Å². The normalized spacial score (nSPS) is 18.7. The number of nitrogen functional groups attached to an aromatic ring is 1. The molecule has 1 aliphatic carbocycles. The number of hydrogen-bond donors (Lipinski definition) is 1. The van der Waals surface area contributed by atoms with Crippen molar-refractivity contribution in [3.63, 3.8) is 0 Å². The fourth-order valence-electron chi connectivity index (χ4n) is 5.21. The number of nitrogens with zero attached hydrogens (tertiary/aromatic N) is 3. The standard InChI is InChI=1S/C24H22F4N4O2/c1-23(2)8-18-11(4-5-19(30-18)24(26,27)28)20(23)32(3)22(33)13-6-12-14-9-34-10-15(14)21(29)31-17(12)7-16(13)25/h4-7,20H,8-10H2,1-3H3,(H2,29,31)/t20-/m1/s1. The van der Waals surface area contributed by atoms with Gasteiger partial charge in [0.05, 0.1) is 30.3 Å². The Labute approximate surface area is 192 Å². The monoisotopic (exact) mass is 474 g/mol. The van der Waals surface area contributed by atoms with E-state index in [1.165, 1.54) is 30.1 Å². The average Bonchev–Trinajstić information content (AvgIpc) is 3.33. The first-order valence-electron chi connectivity index (χ1n) is 10.7. The molecule has 178 valence electrons. The molecule has 2 aliphatic rings. The van der Waals surface area contributed by atoms with Gasteiger partial charge in [-0.1, -0.05) is 19.9 Å². The summed E-state index contributed by atoms with van der Waals surface area (Å²) in [6.45, 7) is 4.28. The Bertz CT molecular complexity index is 1350. The van der Waals surface area contributed by atoms with Crippen LogP contribution >= 0.6 is 0 Å². The predicted octanol–water partition coefficient (Wildman–Crippen LogP) is 4.80. The summed E-state index contributed by atoms with van der Waals surface area (Å²) < 4.78 is 60.0. The minimum atomic E-state index is -4.56. The first-order chi connectivity index (χ1) is 15.9. The summed E-state index contributed by atoms with van der Waals surface area (Å²) in [4.78, 5) is 22.9. The SMILES string of the molecule is CN(C(=O)c1cc2c3c(c(N)nc2cc1F)COC3)[C@@H]1c2ccc(C(F)(F)F)nc2CC1(C)C. The van der Waals surface area contributed by atoms with E-state index in [9.17, 15) is 18.0 Å². The summed E-state index contributed by atoms with van der Waals surface area (Å²) in [7, 11) is 1.53. The van der Waals surface area contributed by atoms with Gasteiger partial charge in [-0.15, -0.1) is 0 Å². The molecular formula is C24H22F4N4O2. The Kier molecular flexibility index (Phi) is 4.88. The highest BCUT2D eigenvalue weighted by molar-refractivity contribution is 5.99. The van der Waals surface area contributed by atoms with E-state index in [0.717, 1.165) is 17.2 Å². The summed E-state index contributed by atoms with van der Waals surface area (Å²) in [5.41, 5.74) is 6.87. The van der Waals surface area contributed by atoms with Crippen LogP contribution in [0.2, 0.25) is 0 Å². The molecule has 0 unspecified atom stereocenters. The molecule has 2 aromatic heterocycles. The van der Waals surface area contributed by atoms with Crippen LogP contribution in [0.4, 0.5) is 23.4 Å². The number of ether oxygens (including phenoxy) is 1. The van der Waals surface area contributed by atoms with Crippen molar-refractivity contribution in [3.05, 3.63) is 63.7 Å². The second-order valence-electron chi connectivity index (χ2n) is 9.51. The number of carbonyl (C=O) groups is 1. The Hall–Kier alpha value is -3.27. The van der Waals surface area contributed by atoms with E-state index in [1.807, 2.05) is 13.8 Å². The highest BCUT2D eigenvalue weighted by Gasteiger charge is 2.45. The van der Waals surface area contributed by atoms with E-state index in [0.29, 0.717) is 23.1 Å². The minimum Gasteiger partial charge on any atom is -0.383 e. The van der Waals surface area contributed by atoms with Crippen molar-refractivity contribution in [3.8, 4) is 0 Å². The van der Waals surface area contributed by atoms with Crippen molar-refractivity contribution in [1.29, 1.82) is 0 Å². The number of anilines is 1. The van der Waals surface area contributed by atoms with Gasteiger partial charge in [0, 0.05) is 29.8 Å². The van der Waals surface area contributed by atoms with Gasteiger partial charge >= 0.3 is 6.18 Å². The van der Waals surface area contributed by atoms with Crippen molar-refractivity contribution >= 4 is 22.6 Å². The summed E-state index contributed by atoms with van der Waals surface area (Å²) in [5.74, 6) is -1.07. The summed E-state index contributed by atoms with van der Waals surface area (Å²) in [5, 5.41) is 0.586.